The molecule has 1 aromatic heterocycles. The average Bonchev–Trinajstić information content (AvgIpc) is 3.27. The molecule has 1 fully saturated rings. The Bertz CT molecular complexity index is 957. The number of amides is 1. The van der Waals surface area contributed by atoms with Gasteiger partial charge >= 0.3 is 0 Å². The first-order valence-corrected chi connectivity index (χ1v) is 12.7. The number of sulfonamides is 1. The second kappa shape index (κ2) is 11.8. The summed E-state index contributed by atoms with van der Waals surface area (Å²) in [6.07, 6.45) is 5.46. The van der Waals surface area contributed by atoms with Crippen LogP contribution in [0.5, 0.6) is 0 Å². The van der Waals surface area contributed by atoms with E-state index < -0.39 is 10.0 Å². The lowest BCUT2D eigenvalue weighted by Crippen LogP contribution is -2.43. The second-order valence-electron chi connectivity index (χ2n) is 8.38. The van der Waals surface area contributed by atoms with Crippen LogP contribution in [-0.4, -0.2) is 62.0 Å². The van der Waals surface area contributed by atoms with Crippen molar-refractivity contribution in [2.24, 2.45) is 5.92 Å². The molecular weight excluding hydrogens is 450 g/mol. The number of furan rings is 1. The zero-order valence-corrected chi connectivity index (χ0v) is 20.6. The first-order chi connectivity index (χ1) is 14.8. The summed E-state index contributed by atoms with van der Waals surface area (Å²) < 4.78 is 30.2. The Kier molecular flexibility index (Phi) is 9.76. The fourth-order valence-corrected chi connectivity index (χ4v) is 5.10. The molecule has 1 N–H and O–H groups in total. The number of rotatable bonds is 9. The van der Waals surface area contributed by atoms with E-state index in [1.807, 2.05) is 18.2 Å². The van der Waals surface area contributed by atoms with Gasteiger partial charge in [0.2, 0.25) is 10.0 Å². The van der Waals surface area contributed by atoms with Gasteiger partial charge < -0.3 is 14.6 Å². The van der Waals surface area contributed by atoms with Crippen LogP contribution in [0.4, 0.5) is 5.69 Å². The monoisotopic (exact) mass is 483 g/mol. The standard InChI is InChI=1S/C23H33N3O4S.ClH/c1-4-25(17-19-10-12-26(13-11-19)31(3,28)29)18(2)15-20-7-5-8-21(16-20)24-23(27)22-9-6-14-30-22;/h5-9,14,16,18-19H,4,10-13,15,17H2,1-3H3,(H,24,27);1H. The number of likely N-dealkylation sites (N-methyl/N-ethyl adjacent to an activating group) is 1. The highest BCUT2D eigenvalue weighted by molar-refractivity contribution is 7.88. The number of nitrogens with one attached hydrogen (secondary N) is 1. The van der Waals surface area contributed by atoms with Gasteiger partial charge in [0.05, 0.1) is 12.5 Å². The fraction of sp³-hybridized carbons (Fsp3) is 0.522. The number of halogens is 1. The van der Waals surface area contributed by atoms with Crippen LogP contribution in [0.3, 0.4) is 0 Å². The SMILES string of the molecule is CCN(CC1CCN(S(C)(=O)=O)CC1)C(C)Cc1cccc(NC(=O)c2ccco2)c1.Cl. The van der Waals surface area contributed by atoms with Gasteiger partial charge in [0.1, 0.15) is 0 Å². The Labute approximate surface area is 197 Å². The van der Waals surface area contributed by atoms with Crippen molar-refractivity contribution < 1.29 is 17.6 Å². The molecule has 1 aliphatic rings. The van der Waals surface area contributed by atoms with Gasteiger partial charge in [-0.05, 0) is 68.5 Å². The number of carbonyl (C=O) groups is 1. The summed E-state index contributed by atoms with van der Waals surface area (Å²) in [6.45, 7) is 7.55. The molecule has 0 spiro atoms. The molecule has 9 heteroatoms. The summed E-state index contributed by atoms with van der Waals surface area (Å²) >= 11 is 0. The third-order valence-corrected chi connectivity index (χ3v) is 7.33. The molecular formula is C23H34ClN3O4S. The molecule has 32 heavy (non-hydrogen) atoms. The number of hydrogen-bond donors (Lipinski definition) is 1. The van der Waals surface area contributed by atoms with Crippen LogP contribution in [0.1, 0.15) is 42.8 Å². The summed E-state index contributed by atoms with van der Waals surface area (Å²) in [6, 6.07) is 11.6. The average molecular weight is 484 g/mol. The molecule has 7 nitrogen and oxygen atoms in total. The van der Waals surface area contributed by atoms with Gasteiger partial charge in [0.25, 0.3) is 5.91 Å². The van der Waals surface area contributed by atoms with E-state index in [1.165, 1.54) is 12.5 Å². The lowest BCUT2D eigenvalue weighted by atomic mass is 9.96. The van der Waals surface area contributed by atoms with E-state index in [1.54, 1.807) is 16.4 Å². The Morgan fingerprint density at radius 3 is 2.56 bits per heavy atom. The van der Waals surface area contributed by atoms with Crippen LogP contribution in [0, 0.1) is 5.92 Å². The van der Waals surface area contributed by atoms with Crippen LogP contribution in [0.25, 0.3) is 0 Å². The van der Waals surface area contributed by atoms with E-state index in [-0.39, 0.29) is 24.1 Å². The van der Waals surface area contributed by atoms with Crippen molar-refractivity contribution in [2.45, 2.75) is 39.2 Å². The van der Waals surface area contributed by atoms with E-state index in [4.69, 9.17) is 4.42 Å². The van der Waals surface area contributed by atoms with E-state index in [9.17, 15) is 13.2 Å². The summed E-state index contributed by atoms with van der Waals surface area (Å²) in [4.78, 5) is 14.7. The summed E-state index contributed by atoms with van der Waals surface area (Å²) in [7, 11) is -3.08. The molecule has 1 amide bonds. The quantitative estimate of drug-likeness (QED) is 0.585. The first kappa shape index (κ1) is 26.4. The lowest BCUT2D eigenvalue weighted by Gasteiger charge is -2.36. The predicted octanol–water partition coefficient (Wildman–Crippen LogP) is 3.88. The number of anilines is 1. The van der Waals surface area contributed by atoms with Gasteiger partial charge in [0, 0.05) is 31.4 Å². The summed E-state index contributed by atoms with van der Waals surface area (Å²) in [5.41, 5.74) is 1.91. The smallest absolute Gasteiger partial charge is 0.291 e. The van der Waals surface area contributed by atoms with Gasteiger partial charge in [-0.3, -0.25) is 4.79 Å². The van der Waals surface area contributed by atoms with Crippen molar-refractivity contribution in [2.75, 3.05) is 37.8 Å². The molecule has 0 radical (unpaired) electrons. The van der Waals surface area contributed by atoms with Crippen molar-refractivity contribution in [3.8, 4) is 0 Å². The summed E-state index contributed by atoms with van der Waals surface area (Å²) in [5, 5.41) is 2.88. The number of benzene rings is 1. The van der Waals surface area contributed by atoms with E-state index in [2.05, 4.69) is 30.1 Å². The number of carbonyl (C=O) groups excluding carboxylic acids is 1. The molecule has 0 saturated carbocycles. The molecule has 1 saturated heterocycles. The van der Waals surface area contributed by atoms with Crippen molar-refractivity contribution in [3.63, 3.8) is 0 Å². The van der Waals surface area contributed by atoms with Gasteiger partial charge in [-0.1, -0.05) is 19.1 Å². The maximum Gasteiger partial charge on any atom is 0.291 e. The van der Waals surface area contributed by atoms with E-state index >= 15 is 0 Å². The minimum Gasteiger partial charge on any atom is -0.459 e. The third-order valence-electron chi connectivity index (χ3n) is 6.03. The Morgan fingerprint density at radius 1 is 1.25 bits per heavy atom. The molecule has 178 valence electrons. The fourth-order valence-electron chi connectivity index (χ4n) is 4.22. The maximum atomic E-state index is 12.2. The predicted molar refractivity (Wildman–Crippen MR) is 130 cm³/mol. The topological polar surface area (TPSA) is 82.9 Å². The van der Waals surface area contributed by atoms with Gasteiger partial charge in [-0.25, -0.2) is 12.7 Å². The van der Waals surface area contributed by atoms with Crippen molar-refractivity contribution >= 4 is 34.0 Å². The van der Waals surface area contributed by atoms with Crippen molar-refractivity contribution in [3.05, 3.63) is 54.0 Å². The minimum absolute atomic E-state index is 0. The molecule has 1 unspecified atom stereocenters. The van der Waals surface area contributed by atoms with Crippen LogP contribution in [0.2, 0.25) is 0 Å². The highest BCUT2D eigenvalue weighted by atomic mass is 35.5. The van der Waals surface area contributed by atoms with Crippen LogP contribution in [-0.2, 0) is 16.4 Å². The van der Waals surface area contributed by atoms with Crippen LogP contribution < -0.4 is 5.32 Å². The molecule has 3 rings (SSSR count). The van der Waals surface area contributed by atoms with Gasteiger partial charge in [0.15, 0.2) is 5.76 Å². The van der Waals surface area contributed by atoms with E-state index in [0.717, 1.165) is 43.6 Å². The number of piperidine rings is 1. The van der Waals surface area contributed by atoms with Crippen LogP contribution >= 0.6 is 12.4 Å². The number of nitrogens with zero attached hydrogens (tertiary/aromatic N) is 2. The molecule has 2 aromatic rings. The van der Waals surface area contributed by atoms with Gasteiger partial charge in [-0.15, -0.1) is 12.4 Å². The molecule has 0 aliphatic carbocycles. The van der Waals surface area contributed by atoms with Crippen molar-refractivity contribution in [1.82, 2.24) is 9.21 Å². The minimum atomic E-state index is -3.08. The van der Waals surface area contributed by atoms with Gasteiger partial charge in [-0.2, -0.15) is 0 Å². The zero-order chi connectivity index (χ0) is 22.4. The molecule has 1 atom stereocenters. The summed E-state index contributed by atoms with van der Waals surface area (Å²) in [5.74, 6) is 0.544. The van der Waals surface area contributed by atoms with Crippen LogP contribution in [0.15, 0.2) is 47.1 Å². The second-order valence-corrected chi connectivity index (χ2v) is 10.4. The molecule has 2 heterocycles. The first-order valence-electron chi connectivity index (χ1n) is 10.9. The Hall–Kier alpha value is -1.87. The normalized spacial score (nSPS) is 16.5. The highest BCUT2D eigenvalue weighted by Gasteiger charge is 2.27. The lowest BCUT2D eigenvalue weighted by molar-refractivity contribution is 0.0996. The third kappa shape index (κ3) is 7.33. The molecule has 1 aromatic carbocycles. The van der Waals surface area contributed by atoms with Crippen molar-refractivity contribution in [1.29, 1.82) is 0 Å². The molecule has 1 aliphatic heterocycles. The highest BCUT2D eigenvalue weighted by Crippen LogP contribution is 2.22. The number of hydrogen-bond acceptors (Lipinski definition) is 5. The van der Waals surface area contributed by atoms with E-state index in [0.29, 0.717) is 25.0 Å². The Balaban J connectivity index is 0.00000363. The largest absolute Gasteiger partial charge is 0.459 e. The Morgan fingerprint density at radius 2 is 1.97 bits per heavy atom. The molecule has 0 bridgehead atoms. The zero-order valence-electron chi connectivity index (χ0n) is 19.0. The maximum absolute atomic E-state index is 12.2.